The lowest BCUT2D eigenvalue weighted by Crippen LogP contribution is -2.30. The van der Waals surface area contributed by atoms with E-state index in [2.05, 4.69) is 11.6 Å². The third-order valence-electron chi connectivity index (χ3n) is 3.41. The number of benzene rings is 1. The van der Waals surface area contributed by atoms with Crippen LogP contribution in [0.25, 0.3) is 0 Å². The summed E-state index contributed by atoms with van der Waals surface area (Å²) in [6.07, 6.45) is 2.86. The number of hydrogen-bond acceptors (Lipinski definition) is 2. The van der Waals surface area contributed by atoms with Crippen molar-refractivity contribution in [1.82, 2.24) is 4.72 Å². The molecule has 1 atom stereocenters. The summed E-state index contributed by atoms with van der Waals surface area (Å²) in [4.78, 5) is 0.374. The zero-order valence-corrected chi connectivity index (χ0v) is 14.0. The normalized spacial score (nSPS) is 13.4. The van der Waals surface area contributed by atoms with Crippen molar-refractivity contribution in [3.63, 3.8) is 0 Å². The van der Waals surface area contributed by atoms with Gasteiger partial charge in [-0.25, -0.2) is 13.1 Å². The van der Waals surface area contributed by atoms with E-state index in [1.807, 2.05) is 26.0 Å². The van der Waals surface area contributed by atoms with Gasteiger partial charge >= 0.3 is 0 Å². The first kappa shape index (κ1) is 17.5. The van der Waals surface area contributed by atoms with E-state index in [-0.39, 0.29) is 0 Å². The SMILES string of the molecule is CCCC(CCCl)CNS(=O)(=O)c1cc(C)ccc1C. The van der Waals surface area contributed by atoms with Gasteiger partial charge in [-0.2, -0.15) is 0 Å². The molecule has 0 heterocycles. The van der Waals surface area contributed by atoms with Gasteiger partial charge in [0.25, 0.3) is 0 Å². The molecule has 0 aliphatic carbocycles. The van der Waals surface area contributed by atoms with E-state index in [1.165, 1.54) is 0 Å². The van der Waals surface area contributed by atoms with Crippen molar-refractivity contribution in [2.45, 2.75) is 44.9 Å². The molecule has 0 fully saturated rings. The predicted octanol–water partition coefficient (Wildman–Crippen LogP) is 3.63. The molecule has 1 unspecified atom stereocenters. The largest absolute Gasteiger partial charge is 0.240 e. The van der Waals surface area contributed by atoms with Crippen LogP contribution in [0.2, 0.25) is 0 Å². The molecule has 1 aromatic carbocycles. The Balaban J connectivity index is 2.81. The fraction of sp³-hybridized carbons (Fsp3) is 0.600. The minimum Gasteiger partial charge on any atom is -0.211 e. The summed E-state index contributed by atoms with van der Waals surface area (Å²) in [7, 11) is -3.44. The maximum Gasteiger partial charge on any atom is 0.240 e. The van der Waals surface area contributed by atoms with Gasteiger partial charge in [0, 0.05) is 12.4 Å². The number of aryl methyl sites for hydroxylation is 2. The fourth-order valence-electron chi connectivity index (χ4n) is 2.21. The van der Waals surface area contributed by atoms with Gasteiger partial charge < -0.3 is 0 Å². The molecule has 1 aromatic rings. The molecule has 3 nitrogen and oxygen atoms in total. The Morgan fingerprint density at radius 2 is 1.95 bits per heavy atom. The monoisotopic (exact) mass is 317 g/mol. The topological polar surface area (TPSA) is 46.2 Å². The quantitative estimate of drug-likeness (QED) is 0.744. The van der Waals surface area contributed by atoms with Crippen molar-refractivity contribution in [3.05, 3.63) is 29.3 Å². The van der Waals surface area contributed by atoms with E-state index in [4.69, 9.17) is 11.6 Å². The van der Waals surface area contributed by atoms with Gasteiger partial charge in [0.1, 0.15) is 0 Å². The van der Waals surface area contributed by atoms with Gasteiger partial charge in [-0.15, -0.1) is 11.6 Å². The average molecular weight is 318 g/mol. The van der Waals surface area contributed by atoms with Gasteiger partial charge in [-0.1, -0.05) is 25.5 Å². The van der Waals surface area contributed by atoms with E-state index >= 15 is 0 Å². The maximum atomic E-state index is 12.4. The highest BCUT2D eigenvalue weighted by Gasteiger charge is 2.18. The minimum atomic E-state index is -3.44. The van der Waals surface area contributed by atoms with E-state index in [0.717, 1.165) is 30.4 Å². The lowest BCUT2D eigenvalue weighted by Gasteiger charge is -2.16. The smallest absolute Gasteiger partial charge is 0.211 e. The van der Waals surface area contributed by atoms with Gasteiger partial charge in [0.2, 0.25) is 10.0 Å². The molecular weight excluding hydrogens is 294 g/mol. The summed E-state index contributed by atoms with van der Waals surface area (Å²) in [5.74, 6) is 0.868. The number of alkyl halides is 1. The first-order chi connectivity index (χ1) is 9.40. The van der Waals surface area contributed by atoms with Crippen LogP contribution in [-0.4, -0.2) is 20.8 Å². The second-order valence-electron chi connectivity index (χ2n) is 5.25. The summed E-state index contributed by atoms with van der Waals surface area (Å²) in [5.41, 5.74) is 1.72. The standard InChI is InChI=1S/C15H24ClNO2S/c1-4-5-14(8-9-16)11-17-20(18,19)15-10-12(2)6-7-13(15)3/h6-7,10,14,17H,4-5,8-9,11H2,1-3H3. The zero-order valence-electron chi connectivity index (χ0n) is 12.4. The molecule has 0 aliphatic rings. The van der Waals surface area contributed by atoms with Crippen LogP contribution in [0.4, 0.5) is 0 Å². The summed E-state index contributed by atoms with van der Waals surface area (Å²) in [5, 5.41) is 0. The molecule has 1 rings (SSSR count). The van der Waals surface area contributed by atoms with Crippen LogP contribution >= 0.6 is 11.6 Å². The average Bonchev–Trinajstić information content (AvgIpc) is 2.39. The lowest BCUT2D eigenvalue weighted by molar-refractivity contribution is 0.457. The number of hydrogen-bond donors (Lipinski definition) is 1. The highest BCUT2D eigenvalue weighted by Crippen LogP contribution is 2.18. The van der Waals surface area contributed by atoms with Crippen LogP contribution < -0.4 is 4.72 Å². The number of nitrogens with one attached hydrogen (secondary N) is 1. The van der Waals surface area contributed by atoms with Crippen molar-refractivity contribution in [2.75, 3.05) is 12.4 Å². The summed E-state index contributed by atoms with van der Waals surface area (Å²) in [6.45, 7) is 6.26. The van der Waals surface area contributed by atoms with Crippen LogP contribution in [0.5, 0.6) is 0 Å². The fourth-order valence-corrected chi connectivity index (χ4v) is 3.97. The molecule has 0 bridgehead atoms. The molecule has 0 radical (unpaired) electrons. The first-order valence-corrected chi connectivity index (χ1v) is 9.05. The summed E-state index contributed by atoms with van der Waals surface area (Å²) in [6, 6.07) is 5.47. The van der Waals surface area contributed by atoms with Crippen molar-refractivity contribution in [2.24, 2.45) is 5.92 Å². The van der Waals surface area contributed by atoms with Crippen molar-refractivity contribution >= 4 is 21.6 Å². The van der Waals surface area contributed by atoms with Gasteiger partial charge in [-0.05, 0) is 49.8 Å². The highest BCUT2D eigenvalue weighted by atomic mass is 35.5. The molecule has 1 N–H and O–H groups in total. The molecule has 0 amide bonds. The zero-order chi connectivity index (χ0) is 15.2. The number of halogens is 1. The molecule has 20 heavy (non-hydrogen) atoms. The molecule has 0 aliphatic heterocycles. The first-order valence-electron chi connectivity index (χ1n) is 7.03. The third kappa shape index (κ3) is 5.08. The van der Waals surface area contributed by atoms with Gasteiger partial charge in [0.05, 0.1) is 4.90 Å². The second kappa shape index (κ2) is 8.01. The Hall–Kier alpha value is -0.580. The predicted molar refractivity (Wildman–Crippen MR) is 84.8 cm³/mol. The van der Waals surface area contributed by atoms with Crippen LogP contribution in [0.1, 0.15) is 37.3 Å². The Morgan fingerprint density at radius 3 is 2.55 bits per heavy atom. The van der Waals surface area contributed by atoms with Crippen molar-refractivity contribution in [3.8, 4) is 0 Å². The molecule has 5 heteroatoms. The van der Waals surface area contributed by atoms with Crippen LogP contribution in [0.15, 0.2) is 23.1 Å². The molecule has 0 saturated carbocycles. The minimum absolute atomic E-state index is 0.303. The Labute approximate surface area is 127 Å². The van der Waals surface area contributed by atoms with Gasteiger partial charge in [0.15, 0.2) is 0 Å². The molecule has 0 aromatic heterocycles. The summed E-state index contributed by atoms with van der Waals surface area (Å²) >= 11 is 5.77. The molecule has 0 spiro atoms. The van der Waals surface area contributed by atoms with E-state index < -0.39 is 10.0 Å². The Morgan fingerprint density at radius 1 is 1.25 bits per heavy atom. The molecule has 114 valence electrons. The Kier molecular flexibility index (Phi) is 7.00. The number of sulfonamides is 1. The van der Waals surface area contributed by atoms with E-state index in [0.29, 0.717) is 23.2 Å². The number of rotatable bonds is 8. The van der Waals surface area contributed by atoms with Crippen LogP contribution in [0.3, 0.4) is 0 Å². The maximum absolute atomic E-state index is 12.4. The van der Waals surface area contributed by atoms with E-state index in [1.54, 1.807) is 6.07 Å². The lowest BCUT2D eigenvalue weighted by atomic mass is 10.0. The highest BCUT2D eigenvalue weighted by molar-refractivity contribution is 7.89. The van der Waals surface area contributed by atoms with Crippen molar-refractivity contribution < 1.29 is 8.42 Å². The van der Waals surface area contributed by atoms with Gasteiger partial charge in [-0.3, -0.25) is 0 Å². The van der Waals surface area contributed by atoms with Crippen molar-refractivity contribution in [1.29, 1.82) is 0 Å². The Bertz CT molecular complexity index is 523. The molecular formula is C15H24ClNO2S. The molecule has 0 saturated heterocycles. The van der Waals surface area contributed by atoms with Crippen LogP contribution in [0, 0.1) is 19.8 Å². The second-order valence-corrected chi connectivity index (χ2v) is 7.37. The van der Waals surface area contributed by atoms with Crippen LogP contribution in [-0.2, 0) is 10.0 Å². The third-order valence-corrected chi connectivity index (χ3v) is 5.19. The summed E-state index contributed by atoms with van der Waals surface area (Å²) < 4.78 is 27.5. The van der Waals surface area contributed by atoms with E-state index in [9.17, 15) is 8.42 Å².